The highest BCUT2D eigenvalue weighted by molar-refractivity contribution is 6.28. The molecule has 4 nitrogen and oxygen atoms in total. The lowest BCUT2D eigenvalue weighted by molar-refractivity contribution is -0.682. The number of halogens is 2. The number of likely N-dealkylation sites (N-methyl/N-ethyl adjacent to an activating group) is 1. The molecule has 0 saturated heterocycles. The van der Waals surface area contributed by atoms with Gasteiger partial charge in [0.25, 0.3) is 5.15 Å². The predicted octanol–water partition coefficient (Wildman–Crippen LogP) is 0.424. The van der Waals surface area contributed by atoms with Crippen LogP contribution in [0.3, 0.4) is 0 Å². The zero-order chi connectivity index (χ0) is 19.3. The fourth-order valence-electron chi connectivity index (χ4n) is 2.35. The minimum atomic E-state index is -0.452. The highest BCUT2D eigenvalue weighted by Gasteiger charge is 2.26. The van der Waals surface area contributed by atoms with Crippen molar-refractivity contribution in [3.05, 3.63) is 71.0 Å². The number of nitrogens with one attached hydrogen (secondary N) is 1. The summed E-state index contributed by atoms with van der Waals surface area (Å²) in [5.41, 5.74) is 2.03. The largest absolute Gasteiger partial charge is 1.00 e. The lowest BCUT2D eigenvalue weighted by Gasteiger charge is -2.14. The summed E-state index contributed by atoms with van der Waals surface area (Å²) in [6.07, 6.45) is 3.36. The molecule has 1 heterocycles. The zero-order valence-electron chi connectivity index (χ0n) is 15.9. The number of amides is 1. The third-order valence-corrected chi connectivity index (χ3v) is 4.38. The average molecular weight is 499 g/mol. The van der Waals surface area contributed by atoms with Crippen molar-refractivity contribution in [1.29, 1.82) is 0 Å². The second-order valence-corrected chi connectivity index (χ2v) is 7.47. The van der Waals surface area contributed by atoms with Crippen molar-refractivity contribution < 1.29 is 38.1 Å². The zero-order valence-corrected chi connectivity index (χ0v) is 18.8. The van der Waals surface area contributed by atoms with E-state index >= 15 is 0 Å². The van der Waals surface area contributed by atoms with E-state index in [0.717, 1.165) is 16.7 Å². The van der Waals surface area contributed by atoms with E-state index in [1.807, 2.05) is 63.4 Å². The van der Waals surface area contributed by atoms with E-state index in [1.54, 1.807) is 23.8 Å². The highest BCUT2D eigenvalue weighted by atomic mass is 127. The summed E-state index contributed by atoms with van der Waals surface area (Å²) >= 11 is 6.29. The number of hydrogen-bond donors (Lipinski definition) is 1. The van der Waals surface area contributed by atoms with Crippen LogP contribution in [0.5, 0.6) is 0 Å². The second-order valence-electron chi connectivity index (χ2n) is 7.08. The number of carbonyl (C=O) groups is 2. The van der Waals surface area contributed by atoms with Crippen molar-refractivity contribution in [2.24, 2.45) is 5.41 Å². The summed E-state index contributed by atoms with van der Waals surface area (Å²) in [6, 6.07) is 13.2. The standard InChI is InChI=1S/C21H23ClN2O2.HI/c1-21(2,3)18(25)14-24-13-16(10-11-19(24)22)17(12-20(26)23-4)15-8-6-5-7-9-15;/h5-13H,14H2,1-4H3;1H/b17-12-;. The summed E-state index contributed by atoms with van der Waals surface area (Å²) < 4.78 is 1.71. The van der Waals surface area contributed by atoms with Gasteiger partial charge >= 0.3 is 0 Å². The van der Waals surface area contributed by atoms with Gasteiger partial charge in [-0.25, -0.2) is 0 Å². The SMILES string of the molecule is CNC(=O)/C=C(/c1ccccc1)c1ccc(Cl)[n+](CC(=O)C(C)(C)C)c1.[I-]. The molecule has 6 heteroatoms. The number of hydrogen-bond acceptors (Lipinski definition) is 2. The Labute approximate surface area is 182 Å². The fourth-order valence-corrected chi connectivity index (χ4v) is 2.53. The fraction of sp³-hybridized carbons (Fsp3) is 0.286. The van der Waals surface area contributed by atoms with Crippen LogP contribution in [0.25, 0.3) is 5.57 Å². The van der Waals surface area contributed by atoms with Gasteiger partial charge in [-0.2, -0.15) is 4.57 Å². The molecule has 0 spiro atoms. The topological polar surface area (TPSA) is 50.1 Å². The maximum atomic E-state index is 12.4. The Morgan fingerprint density at radius 2 is 1.70 bits per heavy atom. The Bertz CT molecular complexity index is 843. The van der Waals surface area contributed by atoms with Crippen LogP contribution < -0.4 is 33.9 Å². The second kappa shape index (κ2) is 9.99. The maximum absolute atomic E-state index is 12.4. The lowest BCUT2D eigenvalue weighted by Crippen LogP contribution is -3.00. The molecule has 1 aromatic heterocycles. The molecular formula is C21H24ClIN2O2. The van der Waals surface area contributed by atoms with Gasteiger partial charge in [0, 0.05) is 35.7 Å². The molecule has 0 bridgehead atoms. The minimum absolute atomic E-state index is 0. The van der Waals surface area contributed by atoms with Gasteiger partial charge in [-0.3, -0.25) is 9.59 Å². The van der Waals surface area contributed by atoms with Gasteiger partial charge in [-0.05, 0) is 23.2 Å². The number of Topliss-reactive ketones (excluding diaryl/α,β-unsaturated/α-hetero) is 1. The molecule has 0 aliphatic rings. The van der Waals surface area contributed by atoms with E-state index in [4.69, 9.17) is 11.6 Å². The molecular weight excluding hydrogens is 475 g/mol. The third-order valence-electron chi connectivity index (χ3n) is 4.04. The van der Waals surface area contributed by atoms with Crippen molar-refractivity contribution in [2.75, 3.05) is 7.05 Å². The molecule has 0 aliphatic heterocycles. The van der Waals surface area contributed by atoms with Gasteiger partial charge in [0.15, 0.2) is 6.20 Å². The van der Waals surface area contributed by atoms with Gasteiger partial charge in [0.1, 0.15) is 0 Å². The summed E-state index contributed by atoms with van der Waals surface area (Å²) in [5, 5.41) is 3.08. The van der Waals surface area contributed by atoms with E-state index in [1.165, 1.54) is 0 Å². The van der Waals surface area contributed by atoms with Crippen molar-refractivity contribution in [1.82, 2.24) is 5.32 Å². The maximum Gasteiger partial charge on any atom is 0.275 e. The van der Waals surface area contributed by atoms with Crippen molar-refractivity contribution in [3.8, 4) is 0 Å². The van der Waals surface area contributed by atoms with E-state index < -0.39 is 5.41 Å². The lowest BCUT2D eigenvalue weighted by atomic mass is 9.91. The first-order valence-corrected chi connectivity index (χ1v) is 8.81. The van der Waals surface area contributed by atoms with Crippen LogP contribution >= 0.6 is 11.6 Å². The molecule has 1 N–H and O–H groups in total. The van der Waals surface area contributed by atoms with E-state index in [0.29, 0.717) is 5.15 Å². The van der Waals surface area contributed by atoms with Gasteiger partial charge in [-0.15, -0.1) is 0 Å². The Kier molecular flexibility index (Phi) is 8.62. The number of ketones is 1. The van der Waals surface area contributed by atoms with E-state index in [-0.39, 0.29) is 42.2 Å². The molecule has 2 rings (SSSR count). The number of aromatic nitrogens is 1. The van der Waals surface area contributed by atoms with Gasteiger partial charge in [0.2, 0.25) is 18.2 Å². The monoisotopic (exact) mass is 498 g/mol. The Morgan fingerprint density at radius 3 is 2.26 bits per heavy atom. The van der Waals surface area contributed by atoms with Crippen LogP contribution in [0.4, 0.5) is 0 Å². The summed E-state index contributed by atoms with van der Waals surface area (Å²) in [7, 11) is 1.59. The van der Waals surface area contributed by atoms with Gasteiger partial charge in [0.05, 0.1) is 0 Å². The molecule has 0 saturated carbocycles. The van der Waals surface area contributed by atoms with Gasteiger partial charge < -0.3 is 29.3 Å². The first-order valence-electron chi connectivity index (χ1n) is 8.44. The molecule has 0 unspecified atom stereocenters. The summed E-state index contributed by atoms with van der Waals surface area (Å²) in [6.45, 7) is 5.83. The molecule has 0 fully saturated rings. The first kappa shape index (κ1) is 23.3. The van der Waals surface area contributed by atoms with E-state index in [9.17, 15) is 9.59 Å². The summed E-state index contributed by atoms with van der Waals surface area (Å²) in [4.78, 5) is 24.4. The summed E-state index contributed by atoms with van der Waals surface area (Å²) in [5.74, 6) is -0.116. The quantitative estimate of drug-likeness (QED) is 0.281. The van der Waals surface area contributed by atoms with Crippen LogP contribution in [0, 0.1) is 5.41 Å². The van der Waals surface area contributed by atoms with Crippen molar-refractivity contribution in [3.63, 3.8) is 0 Å². The Hall–Kier alpha value is -1.73. The number of pyridine rings is 1. The number of rotatable bonds is 5. The average Bonchev–Trinajstić information content (AvgIpc) is 2.61. The molecule has 144 valence electrons. The smallest absolute Gasteiger partial charge is 0.275 e. The molecule has 1 aromatic carbocycles. The Morgan fingerprint density at radius 1 is 1.07 bits per heavy atom. The van der Waals surface area contributed by atoms with Crippen molar-refractivity contribution >= 4 is 28.9 Å². The predicted molar refractivity (Wildman–Crippen MR) is 104 cm³/mol. The number of nitrogens with zero attached hydrogens (tertiary/aromatic N) is 1. The van der Waals surface area contributed by atoms with Crippen LogP contribution in [0.15, 0.2) is 54.7 Å². The van der Waals surface area contributed by atoms with Crippen LogP contribution in [-0.4, -0.2) is 18.7 Å². The normalized spacial score (nSPS) is 11.5. The molecule has 0 radical (unpaired) electrons. The van der Waals surface area contributed by atoms with Crippen molar-refractivity contribution in [2.45, 2.75) is 27.3 Å². The molecule has 27 heavy (non-hydrogen) atoms. The highest BCUT2D eigenvalue weighted by Crippen LogP contribution is 2.23. The van der Waals surface area contributed by atoms with Crippen LogP contribution in [-0.2, 0) is 16.1 Å². The van der Waals surface area contributed by atoms with Gasteiger partial charge in [-0.1, -0.05) is 51.1 Å². The molecule has 0 aliphatic carbocycles. The van der Waals surface area contributed by atoms with E-state index in [2.05, 4.69) is 5.32 Å². The minimum Gasteiger partial charge on any atom is -1.00 e. The molecule has 0 atom stereocenters. The third kappa shape index (κ3) is 6.43. The number of carbonyl (C=O) groups excluding carboxylic acids is 2. The molecule has 2 aromatic rings. The van der Waals surface area contributed by atoms with Crippen LogP contribution in [0.2, 0.25) is 5.15 Å². The number of benzene rings is 1. The Balaban J connectivity index is 0.00000364. The first-order chi connectivity index (χ1) is 12.2. The van der Waals surface area contributed by atoms with Crippen LogP contribution in [0.1, 0.15) is 31.9 Å². The molecule has 1 amide bonds.